The molecular formula is C22H17BrN4OS. The third-order valence-electron chi connectivity index (χ3n) is 4.23. The van der Waals surface area contributed by atoms with Crippen LogP contribution >= 0.6 is 27.3 Å². The summed E-state index contributed by atoms with van der Waals surface area (Å²) in [4.78, 5) is 9.06. The number of rotatable bonds is 4. The normalized spacial score (nSPS) is 11.8. The molecule has 0 spiro atoms. The number of aromatic nitrogens is 1. The van der Waals surface area contributed by atoms with Crippen LogP contribution in [0.3, 0.4) is 0 Å². The van der Waals surface area contributed by atoms with Crippen molar-refractivity contribution in [1.82, 2.24) is 4.98 Å². The lowest BCUT2D eigenvalue weighted by molar-refractivity contribution is 0.474. The minimum absolute atomic E-state index is 0.128. The van der Waals surface area contributed by atoms with Gasteiger partial charge in [-0.15, -0.1) is 0 Å². The molecule has 0 saturated carbocycles. The lowest BCUT2D eigenvalue weighted by Gasteiger charge is -2.00. The summed E-state index contributed by atoms with van der Waals surface area (Å²) in [7, 11) is 0. The van der Waals surface area contributed by atoms with E-state index in [1.807, 2.05) is 31.2 Å². The molecule has 5 nitrogen and oxygen atoms in total. The molecule has 0 aliphatic carbocycles. The Balaban J connectivity index is 1.60. The Labute approximate surface area is 180 Å². The molecule has 29 heavy (non-hydrogen) atoms. The number of benzene rings is 3. The number of aromatic hydroxyl groups is 1. The van der Waals surface area contributed by atoms with Gasteiger partial charge in [0, 0.05) is 16.3 Å². The van der Waals surface area contributed by atoms with E-state index in [0.29, 0.717) is 16.4 Å². The summed E-state index contributed by atoms with van der Waals surface area (Å²) in [6.45, 7) is 4.12. The molecule has 4 aromatic rings. The lowest BCUT2D eigenvalue weighted by atomic mass is 10.1. The first-order valence-corrected chi connectivity index (χ1v) is 10.5. The van der Waals surface area contributed by atoms with Crippen molar-refractivity contribution in [2.45, 2.75) is 13.8 Å². The van der Waals surface area contributed by atoms with Crippen LogP contribution in [0.1, 0.15) is 16.7 Å². The number of thiazole rings is 1. The Bertz CT molecular complexity index is 1260. The standard InChI is InChI=1S/C22H17BrN4OS/c1-13-8-14(2)21-20(9-13)29-22(25-21)24-12-15-10-18(6-7-19(15)28)27-26-17-5-3-4-16(23)11-17/h3-12,28H,1-2H3. The fourth-order valence-corrected chi connectivity index (χ4v) is 4.27. The summed E-state index contributed by atoms with van der Waals surface area (Å²) in [5.74, 6) is 0.128. The SMILES string of the molecule is Cc1cc(C)c2nc(N=Cc3cc(N=Nc4cccc(Br)c4)ccc3O)sc2c1. The summed E-state index contributed by atoms with van der Waals surface area (Å²) in [6.07, 6.45) is 1.60. The third kappa shape index (κ3) is 4.58. The molecule has 144 valence electrons. The molecule has 1 N–H and O–H groups in total. The van der Waals surface area contributed by atoms with E-state index in [2.05, 4.69) is 55.2 Å². The highest BCUT2D eigenvalue weighted by atomic mass is 79.9. The van der Waals surface area contributed by atoms with Gasteiger partial charge in [-0.2, -0.15) is 10.2 Å². The molecule has 0 radical (unpaired) electrons. The van der Waals surface area contributed by atoms with E-state index in [9.17, 15) is 5.11 Å². The van der Waals surface area contributed by atoms with Gasteiger partial charge < -0.3 is 5.11 Å². The second-order valence-corrected chi connectivity index (χ2v) is 8.53. The van der Waals surface area contributed by atoms with Crippen LogP contribution < -0.4 is 0 Å². The van der Waals surface area contributed by atoms with Crippen LogP contribution in [0.4, 0.5) is 16.5 Å². The Morgan fingerprint density at radius 3 is 2.59 bits per heavy atom. The number of phenolic OH excluding ortho intramolecular Hbond substituents is 1. The van der Waals surface area contributed by atoms with Crippen LogP contribution in [0.5, 0.6) is 5.75 Å². The van der Waals surface area contributed by atoms with Crippen LogP contribution in [0.2, 0.25) is 0 Å². The second kappa shape index (κ2) is 8.23. The van der Waals surface area contributed by atoms with Gasteiger partial charge in [-0.1, -0.05) is 39.4 Å². The van der Waals surface area contributed by atoms with Gasteiger partial charge >= 0.3 is 0 Å². The maximum absolute atomic E-state index is 10.2. The van der Waals surface area contributed by atoms with Gasteiger partial charge in [-0.3, -0.25) is 0 Å². The van der Waals surface area contributed by atoms with Gasteiger partial charge in [-0.25, -0.2) is 9.98 Å². The predicted octanol–water partition coefficient (Wildman–Crippen LogP) is 7.55. The van der Waals surface area contributed by atoms with Gasteiger partial charge in [0.25, 0.3) is 0 Å². The molecule has 0 saturated heterocycles. The number of fused-ring (bicyclic) bond motifs is 1. The quantitative estimate of drug-likeness (QED) is 0.250. The van der Waals surface area contributed by atoms with Gasteiger partial charge in [-0.05, 0) is 67.4 Å². The minimum Gasteiger partial charge on any atom is -0.507 e. The zero-order valence-electron chi connectivity index (χ0n) is 15.8. The highest BCUT2D eigenvalue weighted by molar-refractivity contribution is 9.10. The number of halogens is 1. The molecule has 7 heteroatoms. The molecular weight excluding hydrogens is 448 g/mol. The molecule has 0 fully saturated rings. The molecule has 0 aliphatic rings. The maximum Gasteiger partial charge on any atom is 0.210 e. The number of aryl methyl sites for hydroxylation is 2. The maximum atomic E-state index is 10.2. The van der Waals surface area contributed by atoms with Crippen molar-refractivity contribution in [3.63, 3.8) is 0 Å². The molecule has 1 heterocycles. The Hall–Kier alpha value is -2.90. The molecule has 4 rings (SSSR count). The zero-order chi connectivity index (χ0) is 20.4. The average Bonchev–Trinajstić information content (AvgIpc) is 3.09. The van der Waals surface area contributed by atoms with Crippen molar-refractivity contribution in [2.24, 2.45) is 15.2 Å². The van der Waals surface area contributed by atoms with E-state index in [4.69, 9.17) is 0 Å². The Morgan fingerprint density at radius 2 is 1.79 bits per heavy atom. The number of hydrogen-bond donors (Lipinski definition) is 1. The summed E-state index contributed by atoms with van der Waals surface area (Å²) in [5.41, 5.74) is 5.23. The van der Waals surface area contributed by atoms with E-state index in [-0.39, 0.29) is 5.75 Å². The molecule has 0 bridgehead atoms. The van der Waals surface area contributed by atoms with Gasteiger partial charge in [0.2, 0.25) is 5.13 Å². The fourth-order valence-electron chi connectivity index (χ4n) is 2.90. The number of nitrogens with zero attached hydrogens (tertiary/aromatic N) is 4. The summed E-state index contributed by atoms with van der Waals surface area (Å²) >= 11 is 4.94. The molecule has 0 amide bonds. The van der Waals surface area contributed by atoms with E-state index < -0.39 is 0 Å². The lowest BCUT2D eigenvalue weighted by Crippen LogP contribution is -1.82. The Morgan fingerprint density at radius 1 is 1.00 bits per heavy atom. The van der Waals surface area contributed by atoms with E-state index >= 15 is 0 Å². The number of hydrogen-bond acceptors (Lipinski definition) is 6. The Kier molecular flexibility index (Phi) is 5.51. The van der Waals surface area contributed by atoms with Gasteiger partial charge in [0.15, 0.2) is 0 Å². The molecule has 1 aromatic heterocycles. The van der Waals surface area contributed by atoms with E-state index in [1.165, 1.54) is 16.9 Å². The van der Waals surface area contributed by atoms with Crippen molar-refractivity contribution in [1.29, 1.82) is 0 Å². The first-order valence-electron chi connectivity index (χ1n) is 8.90. The predicted molar refractivity (Wildman–Crippen MR) is 123 cm³/mol. The summed E-state index contributed by atoms with van der Waals surface area (Å²) in [5, 5.41) is 19.3. The van der Waals surface area contributed by atoms with Crippen molar-refractivity contribution >= 4 is 60.2 Å². The number of aliphatic imine (C=N–C) groups is 1. The topological polar surface area (TPSA) is 70.2 Å². The van der Waals surface area contributed by atoms with Crippen LogP contribution in [0, 0.1) is 13.8 Å². The molecule has 0 unspecified atom stereocenters. The highest BCUT2D eigenvalue weighted by Gasteiger charge is 2.07. The van der Waals surface area contributed by atoms with Gasteiger partial charge in [0.1, 0.15) is 5.75 Å². The van der Waals surface area contributed by atoms with Crippen LogP contribution in [-0.4, -0.2) is 16.3 Å². The van der Waals surface area contributed by atoms with Crippen LogP contribution in [0.25, 0.3) is 10.2 Å². The number of azo groups is 1. The van der Waals surface area contributed by atoms with Crippen molar-refractivity contribution < 1.29 is 5.11 Å². The van der Waals surface area contributed by atoms with E-state index in [1.54, 1.807) is 24.4 Å². The monoisotopic (exact) mass is 464 g/mol. The summed E-state index contributed by atoms with van der Waals surface area (Å²) in [6, 6.07) is 16.8. The first kappa shape index (κ1) is 19.4. The molecule has 0 atom stereocenters. The van der Waals surface area contributed by atoms with Crippen molar-refractivity contribution in [2.75, 3.05) is 0 Å². The van der Waals surface area contributed by atoms with E-state index in [0.717, 1.165) is 25.9 Å². The van der Waals surface area contributed by atoms with Crippen molar-refractivity contribution in [3.8, 4) is 5.75 Å². The highest BCUT2D eigenvalue weighted by Crippen LogP contribution is 2.31. The fraction of sp³-hybridized carbons (Fsp3) is 0.0909. The largest absolute Gasteiger partial charge is 0.507 e. The van der Waals surface area contributed by atoms with Gasteiger partial charge in [0.05, 0.1) is 21.6 Å². The minimum atomic E-state index is 0.128. The smallest absolute Gasteiger partial charge is 0.210 e. The second-order valence-electron chi connectivity index (χ2n) is 6.61. The average molecular weight is 465 g/mol. The number of phenols is 1. The first-order chi connectivity index (χ1) is 14.0. The summed E-state index contributed by atoms with van der Waals surface area (Å²) < 4.78 is 2.05. The third-order valence-corrected chi connectivity index (χ3v) is 5.64. The van der Waals surface area contributed by atoms with Crippen LogP contribution in [0.15, 0.2) is 74.3 Å². The molecule has 3 aromatic carbocycles. The molecule has 0 aliphatic heterocycles. The van der Waals surface area contributed by atoms with Crippen molar-refractivity contribution in [3.05, 3.63) is 75.8 Å². The zero-order valence-corrected chi connectivity index (χ0v) is 18.2. The van der Waals surface area contributed by atoms with Crippen LogP contribution in [-0.2, 0) is 0 Å².